The van der Waals surface area contributed by atoms with Crippen molar-refractivity contribution in [2.24, 2.45) is 5.41 Å². The average Bonchev–Trinajstić information content (AvgIpc) is 2.52. The van der Waals surface area contributed by atoms with Gasteiger partial charge in [0.15, 0.2) is 11.5 Å². The summed E-state index contributed by atoms with van der Waals surface area (Å²) in [7, 11) is 3.27. The zero-order chi connectivity index (χ0) is 15.5. The Balaban J connectivity index is 2.18. The second-order valence-electron chi connectivity index (χ2n) is 5.70. The smallest absolute Gasteiger partial charge is 0.161 e. The summed E-state index contributed by atoms with van der Waals surface area (Å²) in [6.45, 7) is 5.15. The fraction of sp³-hybridized carbons (Fsp3) is 0.588. The molecule has 2 atom stereocenters. The van der Waals surface area contributed by atoms with E-state index in [0.29, 0.717) is 36.9 Å². The van der Waals surface area contributed by atoms with Crippen LogP contribution in [0.25, 0.3) is 0 Å². The zero-order valence-electron chi connectivity index (χ0n) is 13.3. The largest absolute Gasteiger partial charge is 0.493 e. The Morgan fingerprint density at radius 3 is 2.57 bits per heavy atom. The monoisotopic (exact) mass is 292 g/mol. The number of ketones is 1. The molecule has 0 aliphatic heterocycles. The number of hydrogen-bond acceptors (Lipinski definition) is 4. The molecular formula is C17H24O4. The lowest BCUT2D eigenvalue weighted by Crippen LogP contribution is -2.45. The third-order valence-electron chi connectivity index (χ3n) is 4.67. The molecule has 1 aliphatic carbocycles. The molecule has 1 saturated carbocycles. The predicted octanol–water partition coefficient (Wildman–Crippen LogP) is 3.19. The van der Waals surface area contributed by atoms with Crippen LogP contribution in [0.4, 0.5) is 0 Å². The van der Waals surface area contributed by atoms with Crippen LogP contribution in [-0.4, -0.2) is 33.2 Å². The highest BCUT2D eigenvalue weighted by atomic mass is 16.5. The molecule has 1 aromatic carbocycles. The maximum atomic E-state index is 11.9. The number of rotatable bonds is 7. The molecule has 4 nitrogen and oxygen atoms in total. The molecule has 0 heterocycles. The van der Waals surface area contributed by atoms with E-state index >= 15 is 0 Å². The molecule has 0 bridgehead atoms. The van der Waals surface area contributed by atoms with Gasteiger partial charge in [0.25, 0.3) is 0 Å². The van der Waals surface area contributed by atoms with Crippen molar-refractivity contribution < 1.29 is 19.0 Å². The van der Waals surface area contributed by atoms with Crippen LogP contribution in [0, 0.1) is 5.41 Å². The molecular weight excluding hydrogens is 268 g/mol. The summed E-state index contributed by atoms with van der Waals surface area (Å²) in [4.78, 5) is 11.9. The van der Waals surface area contributed by atoms with Crippen molar-refractivity contribution >= 4 is 5.78 Å². The Hall–Kier alpha value is -1.55. The predicted molar refractivity (Wildman–Crippen MR) is 81.1 cm³/mol. The molecule has 4 heteroatoms. The zero-order valence-corrected chi connectivity index (χ0v) is 13.3. The van der Waals surface area contributed by atoms with Gasteiger partial charge in [0.2, 0.25) is 0 Å². The molecule has 21 heavy (non-hydrogen) atoms. The van der Waals surface area contributed by atoms with Gasteiger partial charge < -0.3 is 14.2 Å². The molecule has 0 saturated heterocycles. The van der Waals surface area contributed by atoms with Crippen LogP contribution in [0.15, 0.2) is 18.2 Å². The summed E-state index contributed by atoms with van der Waals surface area (Å²) in [6, 6.07) is 5.95. The van der Waals surface area contributed by atoms with Crippen molar-refractivity contribution in [3.05, 3.63) is 23.8 Å². The van der Waals surface area contributed by atoms with E-state index in [1.165, 1.54) is 0 Å². The molecule has 0 radical (unpaired) electrons. The van der Waals surface area contributed by atoms with Crippen LogP contribution in [-0.2, 0) is 9.53 Å². The minimum Gasteiger partial charge on any atom is -0.493 e. The van der Waals surface area contributed by atoms with Crippen molar-refractivity contribution in [1.29, 1.82) is 0 Å². The standard InChI is InChI=1S/C17H24O4/c1-5-17(2)13(11-16(17)18)12-6-7-14(15(10-12)20-4)21-9-8-19-3/h6-7,10,13H,5,8-9,11H2,1-4H3. The van der Waals surface area contributed by atoms with Gasteiger partial charge >= 0.3 is 0 Å². The van der Waals surface area contributed by atoms with Crippen LogP contribution in [0.5, 0.6) is 11.5 Å². The maximum absolute atomic E-state index is 11.9. The molecule has 1 fully saturated rings. The third-order valence-corrected chi connectivity index (χ3v) is 4.67. The molecule has 116 valence electrons. The number of methoxy groups -OCH3 is 2. The Morgan fingerprint density at radius 1 is 1.24 bits per heavy atom. The Labute approximate surface area is 126 Å². The molecule has 0 spiro atoms. The van der Waals surface area contributed by atoms with Gasteiger partial charge in [-0.1, -0.05) is 19.9 Å². The number of ether oxygens (including phenoxy) is 3. The van der Waals surface area contributed by atoms with E-state index < -0.39 is 0 Å². The highest BCUT2D eigenvalue weighted by Crippen LogP contribution is 2.52. The number of Topliss-reactive ketones (excluding diaryl/α,β-unsaturated/α-hetero) is 1. The topological polar surface area (TPSA) is 44.8 Å². The van der Waals surface area contributed by atoms with Crippen LogP contribution in [0.1, 0.15) is 38.2 Å². The summed E-state index contributed by atoms with van der Waals surface area (Å²) in [5, 5.41) is 0. The maximum Gasteiger partial charge on any atom is 0.161 e. The van der Waals surface area contributed by atoms with E-state index in [1.807, 2.05) is 18.2 Å². The summed E-state index contributed by atoms with van der Waals surface area (Å²) < 4.78 is 16.0. The molecule has 0 amide bonds. The SMILES string of the molecule is CCC1(C)C(=O)CC1c1ccc(OCCOC)c(OC)c1. The first-order valence-corrected chi connectivity index (χ1v) is 7.39. The molecule has 1 aromatic rings. The lowest BCUT2D eigenvalue weighted by atomic mass is 9.56. The summed E-state index contributed by atoms with van der Waals surface area (Å²) in [5.74, 6) is 2.05. The van der Waals surface area contributed by atoms with E-state index in [0.717, 1.165) is 12.0 Å². The minimum atomic E-state index is -0.233. The number of carbonyl (C=O) groups excluding carboxylic acids is 1. The van der Waals surface area contributed by atoms with Crippen molar-refractivity contribution in [1.82, 2.24) is 0 Å². The average molecular weight is 292 g/mol. The fourth-order valence-corrected chi connectivity index (χ4v) is 2.89. The molecule has 0 N–H and O–H groups in total. The van der Waals surface area contributed by atoms with Crippen molar-refractivity contribution in [3.8, 4) is 11.5 Å². The first-order valence-electron chi connectivity index (χ1n) is 7.39. The first-order chi connectivity index (χ1) is 10.1. The van der Waals surface area contributed by atoms with Crippen molar-refractivity contribution in [3.63, 3.8) is 0 Å². The van der Waals surface area contributed by atoms with Gasteiger partial charge in [-0.25, -0.2) is 0 Å². The second-order valence-corrected chi connectivity index (χ2v) is 5.70. The first kappa shape index (κ1) is 15.8. The summed E-state index contributed by atoms with van der Waals surface area (Å²) in [6.07, 6.45) is 1.49. The lowest BCUT2D eigenvalue weighted by molar-refractivity contribution is -0.139. The van der Waals surface area contributed by atoms with Crippen molar-refractivity contribution in [2.45, 2.75) is 32.6 Å². The Bertz CT molecular complexity index is 512. The number of hydrogen-bond donors (Lipinski definition) is 0. The molecule has 2 rings (SSSR count). The van der Waals surface area contributed by atoms with Gasteiger partial charge in [0.05, 0.1) is 13.7 Å². The van der Waals surface area contributed by atoms with E-state index in [-0.39, 0.29) is 11.3 Å². The highest BCUT2D eigenvalue weighted by Gasteiger charge is 2.50. The quantitative estimate of drug-likeness (QED) is 0.724. The molecule has 1 aliphatic rings. The van der Waals surface area contributed by atoms with Crippen LogP contribution >= 0.6 is 0 Å². The van der Waals surface area contributed by atoms with Gasteiger partial charge in [-0.2, -0.15) is 0 Å². The lowest BCUT2D eigenvalue weighted by Gasteiger charge is -2.45. The van der Waals surface area contributed by atoms with Gasteiger partial charge in [-0.3, -0.25) is 4.79 Å². The Morgan fingerprint density at radius 2 is 2.00 bits per heavy atom. The number of carbonyl (C=O) groups is 1. The third kappa shape index (κ3) is 2.91. The second kappa shape index (κ2) is 6.48. The summed E-state index contributed by atoms with van der Waals surface area (Å²) >= 11 is 0. The van der Waals surface area contributed by atoms with Crippen LogP contribution in [0.2, 0.25) is 0 Å². The summed E-state index contributed by atoms with van der Waals surface area (Å²) in [5.41, 5.74) is 0.915. The van der Waals surface area contributed by atoms with Crippen LogP contribution < -0.4 is 9.47 Å². The molecule has 2 unspecified atom stereocenters. The van der Waals surface area contributed by atoms with Gasteiger partial charge in [0, 0.05) is 24.9 Å². The van der Waals surface area contributed by atoms with Crippen molar-refractivity contribution in [2.75, 3.05) is 27.4 Å². The van der Waals surface area contributed by atoms with Crippen LogP contribution in [0.3, 0.4) is 0 Å². The highest BCUT2D eigenvalue weighted by molar-refractivity contribution is 5.93. The minimum absolute atomic E-state index is 0.233. The van der Waals surface area contributed by atoms with Gasteiger partial charge in [-0.15, -0.1) is 0 Å². The van der Waals surface area contributed by atoms with E-state index in [2.05, 4.69) is 13.8 Å². The van der Waals surface area contributed by atoms with E-state index in [4.69, 9.17) is 14.2 Å². The normalized spacial score (nSPS) is 24.6. The fourth-order valence-electron chi connectivity index (χ4n) is 2.89. The molecule has 0 aromatic heterocycles. The Kier molecular flexibility index (Phi) is 4.88. The van der Waals surface area contributed by atoms with Gasteiger partial charge in [0.1, 0.15) is 12.4 Å². The van der Waals surface area contributed by atoms with E-state index in [9.17, 15) is 4.79 Å². The van der Waals surface area contributed by atoms with Gasteiger partial charge in [-0.05, 0) is 24.1 Å². The number of benzene rings is 1. The van der Waals surface area contributed by atoms with E-state index in [1.54, 1.807) is 14.2 Å².